The second kappa shape index (κ2) is 10.0. The predicted octanol–water partition coefficient (Wildman–Crippen LogP) is 6.89. The number of aliphatic imine (C=N–C) groups is 2. The van der Waals surface area contributed by atoms with E-state index in [1.165, 1.54) is 6.07 Å². The molecule has 0 bridgehead atoms. The molecule has 1 atom stereocenters. The van der Waals surface area contributed by atoms with E-state index in [1.54, 1.807) is 19.2 Å². The maximum absolute atomic E-state index is 11.8. The van der Waals surface area contributed by atoms with E-state index in [-0.39, 0.29) is 10.6 Å². The molecule has 4 aromatic carbocycles. The highest BCUT2D eigenvalue weighted by atomic mass is 16.6. The summed E-state index contributed by atoms with van der Waals surface area (Å²) < 4.78 is 7.26. The van der Waals surface area contributed by atoms with Crippen LogP contribution in [0.15, 0.2) is 113 Å². The minimum absolute atomic E-state index is 0.0138. The van der Waals surface area contributed by atoms with E-state index in [4.69, 9.17) is 19.8 Å². The normalized spacial score (nSPS) is 15.1. The first-order valence-electron chi connectivity index (χ1n) is 13.4. The van der Waals surface area contributed by atoms with Crippen LogP contribution in [0.1, 0.15) is 22.9 Å². The molecule has 42 heavy (non-hydrogen) atoms. The van der Waals surface area contributed by atoms with Crippen LogP contribution in [0.25, 0.3) is 5.69 Å². The van der Waals surface area contributed by atoms with E-state index in [1.807, 2.05) is 96.5 Å². The molecular formula is C32H25N7O3. The van der Waals surface area contributed by atoms with Gasteiger partial charge >= 0.3 is 0 Å². The second-order valence-corrected chi connectivity index (χ2v) is 9.94. The van der Waals surface area contributed by atoms with E-state index in [9.17, 15) is 10.1 Å². The molecule has 0 amide bonds. The average Bonchev–Trinajstić information content (AvgIpc) is 3.36. The third kappa shape index (κ3) is 4.17. The van der Waals surface area contributed by atoms with Gasteiger partial charge in [-0.05, 0) is 48.9 Å². The summed E-state index contributed by atoms with van der Waals surface area (Å²) in [5.41, 5.74) is 5.60. The standard InChI is InChI=1S/C32H25N7O3/c1-20-28-29(21-10-8-14-24(18-21)39(40)41)37-27-17-7-6-16-26(27)34-30(33-22-11-9-15-25(19-22)42-2)32(37)35-31(28)38(36-20)23-12-4-3-5-13-23/h3-19,29H,1-2H3,(H,33,34)/t29-/m0/s1. The number of hydrogen-bond acceptors (Lipinski definition) is 8. The highest BCUT2D eigenvalue weighted by molar-refractivity contribution is 6.51. The molecule has 206 valence electrons. The molecule has 10 heteroatoms. The molecule has 0 saturated heterocycles. The lowest BCUT2D eigenvalue weighted by Gasteiger charge is -2.40. The third-order valence-corrected chi connectivity index (χ3v) is 7.37. The number of nitro benzene ring substituents is 1. The van der Waals surface area contributed by atoms with E-state index in [2.05, 4.69) is 10.2 Å². The van der Waals surface area contributed by atoms with Crippen LogP contribution in [0.4, 0.5) is 28.6 Å². The minimum atomic E-state index is -0.469. The van der Waals surface area contributed by atoms with Gasteiger partial charge in [-0.1, -0.05) is 48.5 Å². The zero-order valence-electron chi connectivity index (χ0n) is 22.8. The molecule has 0 saturated carbocycles. The fourth-order valence-corrected chi connectivity index (χ4v) is 5.51. The van der Waals surface area contributed by atoms with Gasteiger partial charge in [0.2, 0.25) is 0 Å². The van der Waals surface area contributed by atoms with Gasteiger partial charge in [0.1, 0.15) is 5.75 Å². The van der Waals surface area contributed by atoms with E-state index in [0.29, 0.717) is 23.2 Å². The van der Waals surface area contributed by atoms with Gasteiger partial charge in [0.15, 0.2) is 17.5 Å². The van der Waals surface area contributed by atoms with Crippen molar-refractivity contribution in [3.63, 3.8) is 0 Å². The summed E-state index contributed by atoms with van der Waals surface area (Å²) in [6.07, 6.45) is 0. The molecule has 0 unspecified atom stereocenters. The highest BCUT2D eigenvalue weighted by Crippen LogP contribution is 2.48. The van der Waals surface area contributed by atoms with Crippen molar-refractivity contribution in [3.8, 4) is 11.4 Å². The lowest BCUT2D eigenvalue weighted by Crippen LogP contribution is -2.46. The number of aromatic nitrogens is 2. The number of benzene rings is 4. The van der Waals surface area contributed by atoms with Gasteiger partial charge in [-0.15, -0.1) is 0 Å². The zero-order valence-corrected chi connectivity index (χ0v) is 22.8. The van der Waals surface area contributed by atoms with Crippen molar-refractivity contribution < 1.29 is 9.66 Å². The number of fused-ring (bicyclic) bond motifs is 4. The number of amidine groups is 2. The number of aryl methyl sites for hydroxylation is 1. The predicted molar refractivity (Wildman–Crippen MR) is 163 cm³/mol. The number of non-ortho nitro benzene ring substituents is 1. The SMILES string of the molecule is COc1cccc(NC2=Nc3ccccc3N3C2=Nc2c(c(C)nn2-c2ccccc2)[C@@H]3c2cccc([N+](=O)[O-])c2)c1. The van der Waals surface area contributed by atoms with Crippen molar-refractivity contribution in [2.45, 2.75) is 13.0 Å². The molecule has 0 aliphatic carbocycles. The number of methoxy groups -OCH3 is 1. The molecular weight excluding hydrogens is 530 g/mol. The number of ether oxygens (including phenoxy) is 1. The summed E-state index contributed by atoms with van der Waals surface area (Å²) in [5, 5.41) is 20.2. The van der Waals surface area contributed by atoms with Crippen LogP contribution >= 0.6 is 0 Å². The van der Waals surface area contributed by atoms with Crippen molar-refractivity contribution in [1.82, 2.24) is 9.78 Å². The Morgan fingerprint density at radius 3 is 2.50 bits per heavy atom. The van der Waals surface area contributed by atoms with E-state index in [0.717, 1.165) is 39.6 Å². The Hall–Kier alpha value is -5.77. The Labute approximate surface area is 241 Å². The number of nitro groups is 1. The number of para-hydroxylation sites is 3. The number of hydrogen-bond donors (Lipinski definition) is 1. The molecule has 0 fully saturated rings. The number of rotatable bonds is 5. The first-order valence-corrected chi connectivity index (χ1v) is 13.4. The fraction of sp³-hybridized carbons (Fsp3) is 0.0938. The summed E-state index contributed by atoms with van der Waals surface area (Å²) in [6, 6.07) is 31.5. The fourth-order valence-electron chi connectivity index (χ4n) is 5.51. The Balaban J connectivity index is 1.49. The first kappa shape index (κ1) is 25.2. The Morgan fingerprint density at radius 2 is 1.69 bits per heavy atom. The Morgan fingerprint density at radius 1 is 0.905 bits per heavy atom. The monoisotopic (exact) mass is 555 g/mol. The second-order valence-electron chi connectivity index (χ2n) is 9.94. The molecule has 1 aromatic heterocycles. The largest absolute Gasteiger partial charge is 0.497 e. The molecule has 2 aliphatic rings. The lowest BCUT2D eigenvalue weighted by molar-refractivity contribution is -0.384. The van der Waals surface area contributed by atoms with Crippen molar-refractivity contribution >= 4 is 40.2 Å². The molecule has 5 aromatic rings. The van der Waals surface area contributed by atoms with Crippen LogP contribution in [-0.2, 0) is 0 Å². The highest BCUT2D eigenvalue weighted by Gasteiger charge is 2.41. The molecule has 10 nitrogen and oxygen atoms in total. The van der Waals surface area contributed by atoms with Gasteiger partial charge in [-0.2, -0.15) is 5.10 Å². The maximum Gasteiger partial charge on any atom is 0.269 e. The topological polar surface area (TPSA) is 110 Å². The summed E-state index contributed by atoms with van der Waals surface area (Å²) in [7, 11) is 1.62. The summed E-state index contributed by atoms with van der Waals surface area (Å²) in [5.74, 6) is 2.44. The smallest absolute Gasteiger partial charge is 0.269 e. The van der Waals surface area contributed by atoms with Gasteiger partial charge in [-0.3, -0.25) is 10.1 Å². The van der Waals surface area contributed by atoms with Gasteiger partial charge in [0, 0.05) is 29.4 Å². The average molecular weight is 556 g/mol. The van der Waals surface area contributed by atoms with Crippen LogP contribution < -0.4 is 15.0 Å². The Kier molecular flexibility index (Phi) is 6.01. The molecule has 7 rings (SSSR count). The molecule has 2 aliphatic heterocycles. The zero-order chi connectivity index (χ0) is 28.8. The lowest BCUT2D eigenvalue weighted by atomic mass is 9.93. The van der Waals surface area contributed by atoms with Crippen LogP contribution in [-0.4, -0.2) is 33.5 Å². The first-order chi connectivity index (χ1) is 20.5. The van der Waals surface area contributed by atoms with Crippen molar-refractivity contribution in [3.05, 3.63) is 130 Å². The van der Waals surface area contributed by atoms with Gasteiger partial charge in [0.25, 0.3) is 5.69 Å². The van der Waals surface area contributed by atoms with Crippen LogP contribution in [0, 0.1) is 17.0 Å². The van der Waals surface area contributed by atoms with E-state index < -0.39 is 6.04 Å². The molecule has 0 radical (unpaired) electrons. The molecule has 3 heterocycles. The molecule has 0 spiro atoms. The maximum atomic E-state index is 11.8. The quantitative estimate of drug-likeness (QED) is 0.187. The molecule has 1 N–H and O–H groups in total. The van der Waals surface area contributed by atoms with Crippen LogP contribution in [0.2, 0.25) is 0 Å². The summed E-state index contributed by atoms with van der Waals surface area (Å²) >= 11 is 0. The van der Waals surface area contributed by atoms with Crippen molar-refractivity contribution in [1.29, 1.82) is 0 Å². The minimum Gasteiger partial charge on any atom is -0.497 e. The number of nitrogens with one attached hydrogen (secondary N) is 1. The van der Waals surface area contributed by atoms with Crippen LogP contribution in [0.3, 0.4) is 0 Å². The van der Waals surface area contributed by atoms with Crippen molar-refractivity contribution in [2.24, 2.45) is 9.98 Å². The number of anilines is 2. The summed E-state index contributed by atoms with van der Waals surface area (Å²) in [6.45, 7) is 1.95. The van der Waals surface area contributed by atoms with Gasteiger partial charge in [0.05, 0.1) is 40.8 Å². The third-order valence-electron chi connectivity index (χ3n) is 7.37. The van der Waals surface area contributed by atoms with E-state index >= 15 is 0 Å². The van der Waals surface area contributed by atoms with Gasteiger partial charge < -0.3 is 15.0 Å². The van der Waals surface area contributed by atoms with Crippen molar-refractivity contribution in [2.75, 3.05) is 17.3 Å². The number of nitrogens with zero attached hydrogens (tertiary/aromatic N) is 6. The van der Waals surface area contributed by atoms with Gasteiger partial charge in [-0.25, -0.2) is 14.7 Å². The Bertz CT molecular complexity index is 1910. The van der Waals surface area contributed by atoms with Crippen LogP contribution in [0.5, 0.6) is 5.75 Å². The summed E-state index contributed by atoms with van der Waals surface area (Å²) in [4.78, 5) is 23.8.